The minimum atomic E-state index is -3.14. The second kappa shape index (κ2) is 23.7. The molecule has 8 N–H and O–H groups in total. The maximum Gasteiger partial charge on any atom is 0.268 e. The van der Waals surface area contributed by atoms with E-state index in [2.05, 4.69) is 64.2 Å². The van der Waals surface area contributed by atoms with Gasteiger partial charge in [0, 0.05) is 160 Å². The number of anilines is 1. The van der Waals surface area contributed by atoms with Crippen LogP contribution in [0.5, 0.6) is 0 Å². The van der Waals surface area contributed by atoms with Crippen LogP contribution in [0, 0.1) is 16.7 Å². The summed E-state index contributed by atoms with van der Waals surface area (Å²) in [4.78, 5) is 64.2. The van der Waals surface area contributed by atoms with Crippen LogP contribution < -0.4 is 47.4 Å². The fraction of sp³-hybridized carbons (Fsp3) is 0.689. The first-order valence-electron chi connectivity index (χ1n) is 23.3. The molecule has 5 aliphatic heterocycles. The van der Waals surface area contributed by atoms with E-state index in [0.717, 1.165) is 102 Å². The lowest BCUT2D eigenvalue weighted by Crippen LogP contribution is -2.66. The summed E-state index contributed by atoms with van der Waals surface area (Å²) in [5.41, 5.74) is 1.33. The van der Waals surface area contributed by atoms with Gasteiger partial charge in [-0.1, -0.05) is 6.92 Å². The zero-order valence-corrected chi connectivity index (χ0v) is 38.2. The van der Waals surface area contributed by atoms with Crippen LogP contribution in [0.4, 0.5) is 14.5 Å². The largest absolute Gasteiger partial charge is 0.375 e. The fourth-order valence-corrected chi connectivity index (χ4v) is 9.11. The van der Waals surface area contributed by atoms with Crippen molar-refractivity contribution < 1.29 is 28.0 Å². The molecule has 0 aliphatic carbocycles. The summed E-state index contributed by atoms with van der Waals surface area (Å²) < 4.78 is 27.7. The van der Waals surface area contributed by atoms with Crippen molar-refractivity contribution in [1.29, 1.82) is 5.26 Å². The van der Waals surface area contributed by atoms with Crippen LogP contribution in [0.3, 0.4) is 0 Å². The molecule has 358 valence electrons. The molecule has 0 unspecified atom stereocenters. The lowest BCUT2D eigenvalue weighted by Gasteiger charge is -2.37. The van der Waals surface area contributed by atoms with Gasteiger partial charge in [0.25, 0.3) is 11.8 Å². The Hall–Kier alpha value is -4.62. The summed E-state index contributed by atoms with van der Waals surface area (Å²) >= 11 is 0. The monoisotopic (exact) mass is 909 g/mol. The normalized spacial score (nSPS) is 25.0. The van der Waals surface area contributed by atoms with Crippen molar-refractivity contribution in [3.05, 3.63) is 36.0 Å². The van der Waals surface area contributed by atoms with Crippen molar-refractivity contribution in [3.8, 4) is 6.07 Å². The van der Waals surface area contributed by atoms with Gasteiger partial charge in [0.2, 0.25) is 17.7 Å². The van der Waals surface area contributed by atoms with Gasteiger partial charge in [0.1, 0.15) is 6.04 Å². The third-order valence-corrected chi connectivity index (χ3v) is 12.9. The summed E-state index contributed by atoms with van der Waals surface area (Å²) in [6.45, 7) is 14.8. The van der Waals surface area contributed by atoms with Crippen molar-refractivity contribution >= 4 is 40.2 Å². The van der Waals surface area contributed by atoms with Crippen molar-refractivity contribution in [3.63, 3.8) is 0 Å². The minimum Gasteiger partial charge on any atom is -0.375 e. The van der Waals surface area contributed by atoms with Gasteiger partial charge in [-0.3, -0.25) is 29.1 Å². The molecule has 6 heterocycles. The Morgan fingerprint density at radius 3 is 2.08 bits per heavy atom. The van der Waals surface area contributed by atoms with Gasteiger partial charge in [-0.15, -0.1) is 0 Å². The number of nitrogens with one attached hydrogen (secondary N) is 8. The Balaban J connectivity index is 0.909. The summed E-state index contributed by atoms with van der Waals surface area (Å²) in [6.07, 6.45) is 2.74. The number of hydrogen-bond donors (Lipinski definition) is 8. The van der Waals surface area contributed by atoms with Crippen LogP contribution >= 0.6 is 0 Å². The third kappa shape index (κ3) is 14.7. The van der Waals surface area contributed by atoms with E-state index in [0.29, 0.717) is 62.0 Å². The topological polar surface area (TPSA) is 214 Å². The van der Waals surface area contributed by atoms with Gasteiger partial charge in [-0.05, 0) is 43.7 Å². The number of carbonyl (C=O) groups is 4. The maximum atomic E-state index is 13.9. The molecule has 5 saturated heterocycles. The van der Waals surface area contributed by atoms with Gasteiger partial charge in [0.05, 0.1) is 35.8 Å². The summed E-state index contributed by atoms with van der Waals surface area (Å²) in [6, 6.07) is 7.70. The lowest BCUT2D eigenvalue weighted by molar-refractivity contribution is -0.133. The van der Waals surface area contributed by atoms with E-state index < -0.39 is 48.8 Å². The number of halogens is 2. The third-order valence-electron chi connectivity index (χ3n) is 12.9. The molecule has 18 nitrogen and oxygen atoms in total. The number of amides is 4. The standard InChI is InChI=1S/C45H70F2N14O4/c1-43-27-49-11-14-52-30-44(31-53-15-12-50-28-43,32-54-16-13-51-29-43)57-39(62)5-3-6-40(63)60-21-19-59(20-22-60)18-4-17-58(2)34-7-8-38-37(23-34)36(9-10-55-38)42(65)56-26-41(64)61-33-45(46,47)24-35(61)25-48/h7-10,23,35,49-54H,3-6,11-22,24,26-33H2,1-2H3,(H,56,65)(H,57,62)/t35-,43?,44?/m0/s1. The quantitative estimate of drug-likeness (QED) is 0.125. The molecular formula is C45H70F2N14O4. The highest BCUT2D eigenvalue weighted by atomic mass is 19.3. The molecule has 1 atom stereocenters. The minimum absolute atomic E-state index is 0.0486. The molecule has 2 aromatic rings. The number of nitriles is 1. The molecule has 0 radical (unpaired) electrons. The molecule has 5 aliphatic rings. The predicted molar refractivity (Wildman–Crippen MR) is 246 cm³/mol. The highest BCUT2D eigenvalue weighted by Gasteiger charge is 2.47. The number of rotatable bonds is 13. The molecule has 7 rings (SSSR count). The Morgan fingerprint density at radius 1 is 0.846 bits per heavy atom. The molecule has 20 heteroatoms. The Bertz CT molecular complexity index is 1920. The fourth-order valence-electron chi connectivity index (χ4n) is 9.11. The summed E-state index contributed by atoms with van der Waals surface area (Å²) in [5.74, 6) is -4.40. The average Bonchev–Trinajstić information content (AvgIpc) is 3.62. The van der Waals surface area contributed by atoms with Crippen molar-refractivity contribution in [1.82, 2.24) is 62.2 Å². The van der Waals surface area contributed by atoms with E-state index in [1.807, 2.05) is 30.1 Å². The van der Waals surface area contributed by atoms with Crippen molar-refractivity contribution in [2.75, 3.05) is 143 Å². The number of carbonyl (C=O) groups excluding carboxylic acids is 4. The number of hydrogen-bond acceptors (Lipinski definition) is 14. The zero-order valence-electron chi connectivity index (χ0n) is 38.2. The van der Waals surface area contributed by atoms with Gasteiger partial charge in [-0.2, -0.15) is 5.26 Å². The van der Waals surface area contributed by atoms with E-state index in [1.54, 1.807) is 12.1 Å². The van der Waals surface area contributed by atoms with Crippen LogP contribution in [0.15, 0.2) is 30.5 Å². The number of benzene rings is 1. The first-order chi connectivity index (χ1) is 31.3. The van der Waals surface area contributed by atoms with E-state index in [-0.39, 0.29) is 23.7 Å². The van der Waals surface area contributed by atoms with Gasteiger partial charge >= 0.3 is 0 Å². The average molecular weight is 909 g/mol. The molecule has 2 bridgehead atoms. The Morgan fingerprint density at radius 2 is 1.46 bits per heavy atom. The number of likely N-dealkylation sites (tertiary alicyclic amines) is 1. The summed E-state index contributed by atoms with van der Waals surface area (Å²) in [5, 5.41) is 37.3. The number of aromatic nitrogens is 1. The number of pyridine rings is 1. The zero-order chi connectivity index (χ0) is 46.3. The molecule has 1 aromatic carbocycles. The highest BCUT2D eigenvalue weighted by molar-refractivity contribution is 6.07. The SMILES string of the molecule is CN(CCCN1CCN(C(=O)CCCC(=O)NC23CNCCNCC(C)(CNCCNC2)CNCCNC3)CC1)c1ccc2nccc(C(=O)NCC(=O)N3CC(F)(F)C[C@H]3C#N)c2c1. The highest BCUT2D eigenvalue weighted by Crippen LogP contribution is 2.31. The molecular weight excluding hydrogens is 839 g/mol. The second-order valence-corrected chi connectivity index (χ2v) is 18.5. The Kier molecular flexibility index (Phi) is 18.2. The number of nitrogens with zero attached hydrogens (tertiary/aromatic N) is 6. The lowest BCUT2D eigenvalue weighted by atomic mass is 9.90. The van der Waals surface area contributed by atoms with Gasteiger partial charge in [0.15, 0.2) is 0 Å². The van der Waals surface area contributed by atoms with Crippen LogP contribution in [0.25, 0.3) is 10.9 Å². The van der Waals surface area contributed by atoms with Crippen LogP contribution in [0.2, 0.25) is 0 Å². The molecule has 65 heavy (non-hydrogen) atoms. The molecule has 0 saturated carbocycles. The first-order valence-corrected chi connectivity index (χ1v) is 23.3. The smallest absolute Gasteiger partial charge is 0.268 e. The molecule has 4 amide bonds. The van der Waals surface area contributed by atoms with Gasteiger partial charge in [-0.25, -0.2) is 8.78 Å². The van der Waals surface area contributed by atoms with Crippen LogP contribution in [-0.2, 0) is 14.4 Å². The second-order valence-electron chi connectivity index (χ2n) is 18.5. The maximum absolute atomic E-state index is 13.9. The van der Waals surface area contributed by atoms with E-state index >= 15 is 0 Å². The number of piperazine rings is 1. The van der Waals surface area contributed by atoms with Gasteiger partial charge < -0.3 is 57.2 Å². The predicted octanol–water partition coefficient (Wildman–Crippen LogP) is -0.709. The molecule has 1 aromatic heterocycles. The summed E-state index contributed by atoms with van der Waals surface area (Å²) in [7, 11) is 1.97. The first kappa shape index (κ1) is 49.8. The van der Waals surface area contributed by atoms with Crippen LogP contribution in [0.1, 0.15) is 49.4 Å². The van der Waals surface area contributed by atoms with E-state index in [9.17, 15) is 33.2 Å². The van der Waals surface area contributed by atoms with E-state index in [1.165, 1.54) is 6.20 Å². The van der Waals surface area contributed by atoms with Crippen molar-refractivity contribution in [2.24, 2.45) is 5.41 Å². The van der Waals surface area contributed by atoms with Crippen LogP contribution in [-0.4, -0.2) is 199 Å². The van der Waals surface area contributed by atoms with Crippen molar-refractivity contribution in [2.45, 2.75) is 56.5 Å². The number of alkyl halides is 2. The molecule has 0 spiro atoms. The molecule has 5 fully saturated rings. The number of fused-ring (bicyclic) bond motifs is 16. The van der Waals surface area contributed by atoms with E-state index in [4.69, 9.17) is 0 Å². The Labute approximate surface area is 381 Å².